The summed E-state index contributed by atoms with van der Waals surface area (Å²) < 4.78 is 15.1. The molecule has 2 aliphatic heterocycles. The van der Waals surface area contributed by atoms with Crippen LogP contribution >= 0.6 is 0 Å². The number of likely N-dealkylation sites (N-methyl/N-ethyl adjacent to an activating group) is 1. The quantitative estimate of drug-likeness (QED) is 0.756. The molecule has 5 rings (SSSR count). The van der Waals surface area contributed by atoms with Gasteiger partial charge >= 0.3 is 0 Å². The van der Waals surface area contributed by atoms with E-state index in [0.717, 1.165) is 50.9 Å². The number of pyridine rings is 1. The van der Waals surface area contributed by atoms with Crippen molar-refractivity contribution in [2.24, 2.45) is 5.92 Å². The topological polar surface area (TPSA) is 68.8 Å². The van der Waals surface area contributed by atoms with E-state index in [0.29, 0.717) is 18.9 Å². The molecular formula is C25H30FN5O2. The van der Waals surface area contributed by atoms with Crippen LogP contribution < -0.4 is 10.2 Å². The minimum Gasteiger partial charge on any atom is -0.356 e. The van der Waals surface area contributed by atoms with E-state index in [1.807, 2.05) is 47.2 Å². The maximum atomic E-state index is 15.1. The number of nitrogens with zero attached hydrogens (tertiary/aromatic N) is 4. The summed E-state index contributed by atoms with van der Waals surface area (Å²) in [6, 6.07) is 11.1. The van der Waals surface area contributed by atoms with E-state index < -0.39 is 5.82 Å². The van der Waals surface area contributed by atoms with E-state index in [-0.39, 0.29) is 35.2 Å². The monoisotopic (exact) mass is 451 g/mol. The smallest absolute Gasteiger partial charge is 0.258 e. The predicted octanol–water partition coefficient (Wildman–Crippen LogP) is 3.30. The number of benzene rings is 1. The molecule has 8 heteroatoms. The highest BCUT2D eigenvalue weighted by Gasteiger charge is 2.35. The number of aromatic nitrogens is 1. The van der Waals surface area contributed by atoms with E-state index in [9.17, 15) is 9.59 Å². The Morgan fingerprint density at radius 2 is 1.79 bits per heavy atom. The van der Waals surface area contributed by atoms with Gasteiger partial charge < -0.3 is 20.0 Å². The van der Waals surface area contributed by atoms with Crippen molar-refractivity contribution in [3.8, 4) is 0 Å². The van der Waals surface area contributed by atoms with Crippen molar-refractivity contribution in [1.29, 1.82) is 0 Å². The SMILES string of the molecule is CN1CCN(C(=O)c2cc(F)c(NC(=O)C3CC3)nc2N2CCCC2)[C@@H](c2ccccc2)C1. The van der Waals surface area contributed by atoms with Gasteiger partial charge in [-0.3, -0.25) is 9.59 Å². The third-order valence-electron chi connectivity index (χ3n) is 6.81. The van der Waals surface area contributed by atoms with Crippen molar-refractivity contribution in [2.45, 2.75) is 31.7 Å². The number of carbonyl (C=O) groups excluding carboxylic acids is 2. The molecule has 0 bridgehead atoms. The number of anilines is 2. The first-order valence-electron chi connectivity index (χ1n) is 11.8. The molecule has 7 nitrogen and oxygen atoms in total. The minimum atomic E-state index is -0.666. The summed E-state index contributed by atoms with van der Waals surface area (Å²) in [4.78, 5) is 36.7. The van der Waals surface area contributed by atoms with Crippen molar-refractivity contribution in [2.75, 3.05) is 50.0 Å². The van der Waals surface area contributed by atoms with Gasteiger partial charge in [-0.15, -0.1) is 0 Å². The summed E-state index contributed by atoms with van der Waals surface area (Å²) in [5.41, 5.74) is 1.33. The minimum absolute atomic E-state index is 0.0558. The molecular weight excluding hydrogens is 421 g/mol. The van der Waals surface area contributed by atoms with Crippen LogP contribution in [0.15, 0.2) is 36.4 Å². The Kier molecular flexibility index (Phi) is 6.01. The van der Waals surface area contributed by atoms with E-state index in [4.69, 9.17) is 0 Å². The fraction of sp³-hybridized carbons (Fsp3) is 0.480. The van der Waals surface area contributed by atoms with Crippen molar-refractivity contribution < 1.29 is 14.0 Å². The van der Waals surface area contributed by atoms with Crippen molar-refractivity contribution in [3.05, 3.63) is 53.3 Å². The summed E-state index contributed by atoms with van der Waals surface area (Å²) in [7, 11) is 2.05. The molecule has 1 aliphatic carbocycles. The maximum Gasteiger partial charge on any atom is 0.258 e. The number of piperazine rings is 1. The molecule has 1 aromatic carbocycles. The number of carbonyl (C=O) groups is 2. The Hall–Kier alpha value is -3.00. The van der Waals surface area contributed by atoms with Crippen LogP contribution in [0.3, 0.4) is 0 Å². The Labute approximate surface area is 193 Å². The van der Waals surface area contributed by atoms with Crippen molar-refractivity contribution in [1.82, 2.24) is 14.8 Å². The molecule has 3 fully saturated rings. The highest BCUT2D eigenvalue weighted by Crippen LogP contribution is 2.34. The Bertz CT molecular complexity index is 1040. The highest BCUT2D eigenvalue weighted by atomic mass is 19.1. The molecule has 3 aliphatic rings. The molecule has 33 heavy (non-hydrogen) atoms. The van der Waals surface area contributed by atoms with Gasteiger partial charge in [0.1, 0.15) is 5.82 Å². The molecule has 1 atom stereocenters. The van der Waals surface area contributed by atoms with Gasteiger partial charge in [-0.05, 0) is 44.4 Å². The lowest BCUT2D eigenvalue weighted by molar-refractivity contribution is -0.117. The second-order valence-electron chi connectivity index (χ2n) is 9.33. The lowest BCUT2D eigenvalue weighted by Crippen LogP contribution is -2.49. The van der Waals surface area contributed by atoms with E-state index in [2.05, 4.69) is 15.2 Å². The molecule has 3 heterocycles. The molecule has 1 N–H and O–H groups in total. The Morgan fingerprint density at radius 1 is 1.06 bits per heavy atom. The highest BCUT2D eigenvalue weighted by molar-refractivity contribution is 6.00. The largest absolute Gasteiger partial charge is 0.356 e. The van der Waals surface area contributed by atoms with Crippen LogP contribution in [-0.2, 0) is 4.79 Å². The van der Waals surface area contributed by atoms with E-state index in [1.54, 1.807) is 0 Å². The third-order valence-corrected chi connectivity index (χ3v) is 6.81. The van der Waals surface area contributed by atoms with Crippen LogP contribution in [-0.4, -0.2) is 66.4 Å². The number of amides is 2. The molecule has 1 saturated carbocycles. The first-order chi connectivity index (χ1) is 16.0. The predicted molar refractivity (Wildman–Crippen MR) is 125 cm³/mol. The average Bonchev–Trinajstić information content (AvgIpc) is 3.55. The summed E-state index contributed by atoms with van der Waals surface area (Å²) in [5.74, 6) is -0.749. The van der Waals surface area contributed by atoms with Gasteiger partial charge in [0, 0.05) is 38.6 Å². The summed E-state index contributed by atoms with van der Waals surface area (Å²) in [6.45, 7) is 3.54. The molecule has 2 aromatic rings. The fourth-order valence-electron chi connectivity index (χ4n) is 4.74. The summed E-state index contributed by atoms with van der Waals surface area (Å²) in [5, 5.41) is 2.64. The number of hydrogen-bond acceptors (Lipinski definition) is 5. The molecule has 1 aromatic heterocycles. The first-order valence-corrected chi connectivity index (χ1v) is 11.8. The van der Waals surface area contributed by atoms with Crippen molar-refractivity contribution >= 4 is 23.5 Å². The maximum absolute atomic E-state index is 15.1. The van der Waals surface area contributed by atoms with Gasteiger partial charge in [0.2, 0.25) is 5.91 Å². The number of rotatable bonds is 5. The Morgan fingerprint density at radius 3 is 2.48 bits per heavy atom. The normalized spacial score (nSPS) is 21.3. The van der Waals surface area contributed by atoms with Crippen LogP contribution in [0.4, 0.5) is 16.0 Å². The molecule has 2 saturated heterocycles. The lowest BCUT2D eigenvalue weighted by atomic mass is 10.0. The van der Waals surface area contributed by atoms with Crippen LogP contribution in [0.5, 0.6) is 0 Å². The first kappa shape index (κ1) is 21.8. The zero-order chi connectivity index (χ0) is 22.9. The third kappa shape index (κ3) is 4.57. The second-order valence-corrected chi connectivity index (χ2v) is 9.33. The molecule has 0 unspecified atom stereocenters. The number of hydrogen-bond donors (Lipinski definition) is 1. The van der Waals surface area contributed by atoms with E-state index >= 15 is 4.39 Å². The molecule has 0 radical (unpaired) electrons. The fourth-order valence-corrected chi connectivity index (χ4v) is 4.74. The van der Waals surface area contributed by atoms with E-state index in [1.165, 1.54) is 6.07 Å². The number of halogens is 1. The van der Waals surface area contributed by atoms with Crippen LogP contribution in [0, 0.1) is 11.7 Å². The molecule has 2 amide bonds. The Balaban J connectivity index is 1.50. The van der Waals surface area contributed by atoms with Crippen LogP contribution in [0.2, 0.25) is 0 Å². The summed E-state index contributed by atoms with van der Waals surface area (Å²) in [6.07, 6.45) is 3.65. The van der Waals surface area contributed by atoms with Crippen molar-refractivity contribution in [3.63, 3.8) is 0 Å². The van der Waals surface area contributed by atoms with Gasteiger partial charge in [0.25, 0.3) is 5.91 Å². The van der Waals surface area contributed by atoms with Crippen LogP contribution in [0.1, 0.15) is 47.6 Å². The molecule has 0 spiro atoms. The second kappa shape index (κ2) is 9.09. The zero-order valence-corrected chi connectivity index (χ0v) is 19.0. The number of nitrogens with one attached hydrogen (secondary N) is 1. The molecule has 174 valence electrons. The lowest BCUT2D eigenvalue weighted by Gasteiger charge is -2.40. The van der Waals surface area contributed by atoms with Crippen LogP contribution in [0.25, 0.3) is 0 Å². The summed E-state index contributed by atoms with van der Waals surface area (Å²) >= 11 is 0. The van der Waals surface area contributed by atoms with Gasteiger partial charge in [0.05, 0.1) is 11.6 Å². The van der Waals surface area contributed by atoms with Gasteiger partial charge in [-0.1, -0.05) is 30.3 Å². The van der Waals surface area contributed by atoms with Gasteiger partial charge in [-0.2, -0.15) is 0 Å². The standard InChI is InChI=1S/C25H30FN5O2/c1-29-13-14-31(21(16-29)17-7-3-2-4-8-17)25(33)19-15-20(26)22(28-24(32)18-9-10-18)27-23(19)30-11-5-6-12-30/h2-4,7-8,15,18,21H,5-6,9-14,16H2,1H3,(H,27,28,32)/t21-/m1/s1. The van der Waals surface area contributed by atoms with Gasteiger partial charge in [0.15, 0.2) is 11.6 Å². The zero-order valence-electron chi connectivity index (χ0n) is 19.0. The average molecular weight is 452 g/mol. The van der Waals surface area contributed by atoms with Gasteiger partial charge in [-0.25, -0.2) is 9.37 Å².